The first-order valence-electron chi connectivity index (χ1n) is 2.55. The second-order valence-corrected chi connectivity index (χ2v) is 1.70. The Morgan fingerprint density at radius 1 is 1.78 bits per heavy atom. The minimum absolute atomic E-state index is 0.375. The van der Waals surface area contributed by atoms with Crippen molar-refractivity contribution < 1.29 is 10.2 Å². The van der Waals surface area contributed by atoms with E-state index in [1.807, 2.05) is 0 Å². The van der Waals surface area contributed by atoms with Crippen LogP contribution in [-0.4, -0.2) is 29.0 Å². The number of rotatable bonds is 3. The van der Waals surface area contributed by atoms with Gasteiger partial charge in [-0.2, -0.15) is 0 Å². The van der Waals surface area contributed by atoms with Gasteiger partial charge in [-0.05, 0) is 5.53 Å². The van der Waals surface area contributed by atoms with E-state index >= 15 is 0 Å². The van der Waals surface area contributed by atoms with Gasteiger partial charge in [0.2, 0.25) is 0 Å². The molecule has 0 heterocycles. The fraction of sp³-hybridized carbons (Fsp3) is 1.00. The highest BCUT2D eigenvalue weighted by Crippen LogP contribution is 1.96. The van der Waals surface area contributed by atoms with Gasteiger partial charge in [0.25, 0.3) is 0 Å². The highest BCUT2D eigenvalue weighted by molar-refractivity contribution is 4.69. The summed E-state index contributed by atoms with van der Waals surface area (Å²) in [6.07, 6.45) is -0.944. The molecular formula is C4H9N3O2. The third kappa shape index (κ3) is 2.92. The van der Waals surface area contributed by atoms with E-state index in [9.17, 15) is 0 Å². The summed E-state index contributed by atoms with van der Waals surface area (Å²) in [4.78, 5) is 2.46. The van der Waals surface area contributed by atoms with E-state index in [-0.39, 0.29) is 6.61 Å². The van der Waals surface area contributed by atoms with Gasteiger partial charge in [0.05, 0.1) is 18.8 Å². The molecule has 2 atom stereocenters. The van der Waals surface area contributed by atoms with Crippen LogP contribution in [0.5, 0.6) is 0 Å². The van der Waals surface area contributed by atoms with E-state index in [4.69, 9.17) is 15.7 Å². The van der Waals surface area contributed by atoms with Crippen LogP contribution in [-0.2, 0) is 0 Å². The van der Waals surface area contributed by atoms with Crippen molar-refractivity contribution in [2.45, 2.75) is 19.1 Å². The smallest absolute Gasteiger partial charge is 0.0852 e. The van der Waals surface area contributed by atoms with Crippen LogP contribution in [0, 0.1) is 0 Å². The highest BCUT2D eigenvalue weighted by Gasteiger charge is 2.09. The molecule has 0 saturated heterocycles. The summed E-state index contributed by atoms with van der Waals surface area (Å²) in [5, 5.41) is 20.2. The number of hydrogen-bond donors (Lipinski definition) is 2. The molecule has 0 aromatic heterocycles. The van der Waals surface area contributed by atoms with E-state index in [0.717, 1.165) is 0 Å². The summed E-state index contributed by atoms with van der Waals surface area (Å²) in [5.74, 6) is 0. The molecule has 0 aliphatic heterocycles. The van der Waals surface area contributed by atoms with Crippen LogP contribution >= 0.6 is 0 Å². The second-order valence-electron chi connectivity index (χ2n) is 1.70. The fourth-order valence-corrected chi connectivity index (χ4v) is 0.311. The van der Waals surface area contributed by atoms with Gasteiger partial charge in [-0.25, -0.2) is 0 Å². The van der Waals surface area contributed by atoms with Crippen molar-refractivity contribution in [2.24, 2.45) is 5.11 Å². The van der Waals surface area contributed by atoms with Gasteiger partial charge in [-0.15, -0.1) is 0 Å². The normalized spacial score (nSPS) is 15.9. The van der Waals surface area contributed by atoms with Crippen molar-refractivity contribution in [3.63, 3.8) is 0 Å². The average molecular weight is 131 g/mol. The van der Waals surface area contributed by atoms with Crippen LogP contribution in [0.4, 0.5) is 0 Å². The molecule has 0 spiro atoms. The van der Waals surface area contributed by atoms with Crippen molar-refractivity contribution in [3.8, 4) is 0 Å². The lowest BCUT2D eigenvalue weighted by Gasteiger charge is -2.08. The number of hydrogen-bond acceptors (Lipinski definition) is 3. The maximum Gasteiger partial charge on any atom is 0.0852 e. The molecule has 0 aromatic carbocycles. The van der Waals surface area contributed by atoms with Crippen molar-refractivity contribution in [3.05, 3.63) is 10.4 Å². The maximum absolute atomic E-state index is 8.74. The SMILES string of the molecule is CC(N=[N+]=[N-])C(O)CO. The number of azide groups is 1. The van der Waals surface area contributed by atoms with Crippen molar-refractivity contribution in [1.29, 1.82) is 0 Å². The summed E-state index contributed by atoms with van der Waals surface area (Å²) in [6, 6.07) is -0.556. The number of aliphatic hydroxyl groups is 2. The molecule has 0 amide bonds. The molecule has 2 unspecified atom stereocenters. The lowest BCUT2D eigenvalue weighted by atomic mass is 10.2. The monoisotopic (exact) mass is 131 g/mol. The lowest BCUT2D eigenvalue weighted by Crippen LogP contribution is -2.24. The quantitative estimate of drug-likeness (QED) is 0.321. The Bertz CT molecular complexity index is 121. The molecule has 9 heavy (non-hydrogen) atoms. The van der Waals surface area contributed by atoms with Crippen LogP contribution in [0.15, 0.2) is 5.11 Å². The molecule has 5 heteroatoms. The maximum atomic E-state index is 8.74. The van der Waals surface area contributed by atoms with Crippen LogP contribution in [0.1, 0.15) is 6.92 Å². The summed E-state index contributed by atoms with van der Waals surface area (Å²) in [6.45, 7) is 1.15. The van der Waals surface area contributed by atoms with E-state index in [1.165, 1.54) is 6.92 Å². The molecule has 0 rings (SSSR count). The van der Waals surface area contributed by atoms with Crippen LogP contribution in [0.2, 0.25) is 0 Å². The standard InChI is InChI=1S/C4H9N3O2/c1-3(6-7-5)4(9)2-8/h3-4,8-9H,2H2,1H3. The zero-order valence-corrected chi connectivity index (χ0v) is 5.10. The molecule has 0 aromatic rings. The summed E-state index contributed by atoms with van der Waals surface area (Å²) in [5.41, 5.74) is 7.85. The minimum atomic E-state index is -0.944. The molecule has 0 aliphatic rings. The van der Waals surface area contributed by atoms with Gasteiger partial charge in [0.1, 0.15) is 0 Å². The minimum Gasteiger partial charge on any atom is -0.394 e. The Morgan fingerprint density at radius 3 is 2.67 bits per heavy atom. The molecule has 5 nitrogen and oxygen atoms in total. The first kappa shape index (κ1) is 8.23. The molecule has 52 valence electrons. The van der Waals surface area contributed by atoms with Crippen LogP contribution < -0.4 is 0 Å². The molecule has 0 aliphatic carbocycles. The summed E-state index contributed by atoms with van der Waals surface area (Å²) >= 11 is 0. The van der Waals surface area contributed by atoms with E-state index in [0.29, 0.717) is 0 Å². The Morgan fingerprint density at radius 2 is 2.33 bits per heavy atom. The topological polar surface area (TPSA) is 89.2 Å². The fourth-order valence-electron chi connectivity index (χ4n) is 0.311. The van der Waals surface area contributed by atoms with Gasteiger partial charge in [0, 0.05) is 4.91 Å². The summed E-state index contributed by atoms with van der Waals surface area (Å²) in [7, 11) is 0. The average Bonchev–Trinajstić information content (AvgIpc) is 1.87. The van der Waals surface area contributed by atoms with E-state index < -0.39 is 12.1 Å². The predicted octanol–water partition coefficient (Wildman–Crippen LogP) is 0.0384. The molecule has 0 bridgehead atoms. The van der Waals surface area contributed by atoms with E-state index in [1.54, 1.807) is 0 Å². The third-order valence-corrected chi connectivity index (χ3v) is 0.978. The molecule has 0 fully saturated rings. The second kappa shape index (κ2) is 4.14. The molecule has 2 N–H and O–H groups in total. The molecule has 0 radical (unpaired) electrons. The van der Waals surface area contributed by atoms with Crippen molar-refractivity contribution >= 4 is 0 Å². The Hall–Kier alpha value is -0.770. The zero-order chi connectivity index (χ0) is 7.28. The zero-order valence-electron chi connectivity index (χ0n) is 5.10. The van der Waals surface area contributed by atoms with Gasteiger partial charge >= 0.3 is 0 Å². The van der Waals surface area contributed by atoms with Crippen molar-refractivity contribution in [2.75, 3.05) is 6.61 Å². The first-order chi connectivity index (χ1) is 4.22. The molecular weight excluding hydrogens is 122 g/mol. The molecule has 0 saturated carbocycles. The van der Waals surface area contributed by atoms with Gasteiger partial charge in [-0.3, -0.25) is 0 Å². The Labute approximate surface area is 52.6 Å². The predicted molar refractivity (Wildman–Crippen MR) is 31.7 cm³/mol. The van der Waals surface area contributed by atoms with Crippen LogP contribution in [0.3, 0.4) is 0 Å². The largest absolute Gasteiger partial charge is 0.394 e. The number of aliphatic hydroxyl groups excluding tert-OH is 2. The number of nitrogens with zero attached hydrogens (tertiary/aromatic N) is 3. The van der Waals surface area contributed by atoms with Gasteiger partial charge < -0.3 is 10.2 Å². The Balaban J connectivity index is 3.71. The third-order valence-electron chi connectivity index (χ3n) is 0.978. The van der Waals surface area contributed by atoms with Gasteiger partial charge in [0.15, 0.2) is 0 Å². The highest BCUT2D eigenvalue weighted by atomic mass is 16.3. The summed E-state index contributed by atoms with van der Waals surface area (Å²) < 4.78 is 0. The first-order valence-corrected chi connectivity index (χ1v) is 2.55. The lowest BCUT2D eigenvalue weighted by molar-refractivity contribution is 0.0790. The van der Waals surface area contributed by atoms with Crippen molar-refractivity contribution in [1.82, 2.24) is 0 Å². The van der Waals surface area contributed by atoms with Crippen LogP contribution in [0.25, 0.3) is 10.4 Å². The van der Waals surface area contributed by atoms with E-state index in [2.05, 4.69) is 10.0 Å². The van der Waals surface area contributed by atoms with Gasteiger partial charge in [-0.1, -0.05) is 12.0 Å². The Kier molecular flexibility index (Phi) is 3.79.